The van der Waals surface area contributed by atoms with Crippen LogP contribution in [0.1, 0.15) is 27.9 Å². The monoisotopic (exact) mass is 454 g/mol. The zero-order valence-electron chi connectivity index (χ0n) is 17.6. The van der Waals surface area contributed by atoms with Crippen LogP contribution in [0.2, 0.25) is 5.02 Å². The van der Waals surface area contributed by atoms with E-state index in [0.29, 0.717) is 54.5 Å². The first-order valence-electron chi connectivity index (χ1n) is 10.5. The molecule has 10 heteroatoms. The van der Waals surface area contributed by atoms with E-state index in [0.717, 1.165) is 24.5 Å². The van der Waals surface area contributed by atoms with Gasteiger partial charge in [-0.2, -0.15) is 4.98 Å². The summed E-state index contributed by atoms with van der Waals surface area (Å²) in [6, 6.07) is 11.1. The summed E-state index contributed by atoms with van der Waals surface area (Å²) in [5.74, 6) is 1.99. The van der Waals surface area contributed by atoms with E-state index in [9.17, 15) is 4.79 Å². The van der Waals surface area contributed by atoms with E-state index in [2.05, 4.69) is 15.4 Å². The molecule has 2 aliphatic heterocycles. The van der Waals surface area contributed by atoms with Crippen molar-refractivity contribution < 1.29 is 14.1 Å². The maximum atomic E-state index is 12.6. The molecule has 0 aliphatic carbocycles. The molecule has 2 aliphatic rings. The van der Waals surface area contributed by atoms with Crippen LogP contribution >= 0.6 is 11.6 Å². The Morgan fingerprint density at radius 2 is 1.88 bits per heavy atom. The van der Waals surface area contributed by atoms with Crippen molar-refractivity contribution in [2.24, 2.45) is 0 Å². The van der Waals surface area contributed by atoms with Gasteiger partial charge < -0.3 is 24.4 Å². The third kappa shape index (κ3) is 4.39. The molecule has 1 amide bonds. The fourth-order valence-electron chi connectivity index (χ4n) is 3.77. The number of halogens is 1. The van der Waals surface area contributed by atoms with E-state index in [1.807, 2.05) is 30.3 Å². The Bertz CT molecular complexity index is 1110. The lowest BCUT2D eigenvalue weighted by atomic mass is 9.95. The fraction of sp³-hybridized carbons (Fsp3) is 0.364. The van der Waals surface area contributed by atoms with Crippen molar-refractivity contribution in [2.45, 2.75) is 12.8 Å². The highest BCUT2D eigenvalue weighted by molar-refractivity contribution is 6.30. The van der Waals surface area contributed by atoms with Gasteiger partial charge in [-0.05, 0) is 31.2 Å². The van der Waals surface area contributed by atoms with Crippen molar-refractivity contribution in [1.82, 2.24) is 20.0 Å². The average Bonchev–Trinajstić information content (AvgIpc) is 3.21. The third-order valence-electron chi connectivity index (χ3n) is 5.58. The summed E-state index contributed by atoms with van der Waals surface area (Å²) < 4.78 is 10.5. The number of nitrogens with zero attached hydrogens (tertiary/aromatic N) is 5. The molecule has 0 saturated carbocycles. The summed E-state index contributed by atoms with van der Waals surface area (Å²) in [6.45, 7) is 5.70. The molecular formula is C22H23ClN6O3. The van der Waals surface area contributed by atoms with Gasteiger partial charge >= 0.3 is 0 Å². The molecule has 0 spiro atoms. The summed E-state index contributed by atoms with van der Waals surface area (Å²) in [5.41, 5.74) is 2.12. The van der Waals surface area contributed by atoms with Gasteiger partial charge in [0.25, 0.3) is 5.91 Å². The van der Waals surface area contributed by atoms with E-state index in [4.69, 9.17) is 30.8 Å². The predicted octanol–water partition coefficient (Wildman–Crippen LogP) is 3.25. The molecule has 0 bridgehead atoms. The highest BCUT2D eigenvalue weighted by Crippen LogP contribution is 2.30. The van der Waals surface area contributed by atoms with Gasteiger partial charge in [0, 0.05) is 54.9 Å². The van der Waals surface area contributed by atoms with Gasteiger partial charge in [0.15, 0.2) is 5.69 Å². The molecule has 0 unspecified atom stereocenters. The average molecular weight is 455 g/mol. The van der Waals surface area contributed by atoms with Gasteiger partial charge in [0.1, 0.15) is 11.6 Å². The van der Waals surface area contributed by atoms with Crippen LogP contribution in [0, 0.1) is 6.92 Å². The van der Waals surface area contributed by atoms with E-state index in [1.165, 1.54) is 0 Å². The van der Waals surface area contributed by atoms with Crippen molar-refractivity contribution in [3.05, 3.63) is 58.6 Å². The van der Waals surface area contributed by atoms with Crippen molar-refractivity contribution in [1.29, 1.82) is 0 Å². The van der Waals surface area contributed by atoms with Crippen LogP contribution < -0.4 is 10.2 Å². The Hall–Kier alpha value is -3.17. The second-order valence-electron chi connectivity index (χ2n) is 7.94. The number of rotatable bonds is 5. The number of amides is 1. The number of benzene rings is 1. The fourth-order valence-corrected chi connectivity index (χ4v) is 3.90. The highest BCUT2D eigenvalue weighted by Gasteiger charge is 2.35. The molecule has 1 aromatic carbocycles. The van der Waals surface area contributed by atoms with Crippen LogP contribution in [-0.4, -0.2) is 65.3 Å². The van der Waals surface area contributed by atoms with Gasteiger partial charge in [-0.15, -0.1) is 0 Å². The van der Waals surface area contributed by atoms with Crippen molar-refractivity contribution in [3.63, 3.8) is 0 Å². The number of hydrogen-bond donors (Lipinski definition) is 1. The lowest BCUT2D eigenvalue weighted by molar-refractivity contribution is 0.0588. The lowest BCUT2D eigenvalue weighted by Crippen LogP contribution is -2.49. The zero-order valence-corrected chi connectivity index (χ0v) is 18.4. The quantitative estimate of drug-likeness (QED) is 0.627. The van der Waals surface area contributed by atoms with E-state index in [-0.39, 0.29) is 11.8 Å². The van der Waals surface area contributed by atoms with Crippen LogP contribution in [0.5, 0.6) is 0 Å². The Morgan fingerprint density at radius 1 is 1.12 bits per heavy atom. The maximum absolute atomic E-state index is 12.6. The van der Waals surface area contributed by atoms with Gasteiger partial charge in [-0.25, -0.2) is 4.98 Å². The lowest BCUT2D eigenvalue weighted by Gasteiger charge is -2.38. The second kappa shape index (κ2) is 8.76. The number of carbonyl (C=O) groups is 1. The number of nitrogens with one attached hydrogen (secondary N) is 1. The number of morpholine rings is 1. The number of ether oxygens (including phenoxy) is 1. The molecule has 9 nitrogen and oxygen atoms in total. The SMILES string of the molecule is Cc1cc(C(=O)N2CC(c3cc(Nc4ccc(Cl)cc4)nc(N4CCOCC4)n3)C2)no1. The second-order valence-corrected chi connectivity index (χ2v) is 8.38. The first-order chi connectivity index (χ1) is 15.5. The molecule has 1 N–H and O–H groups in total. The molecule has 5 rings (SSSR count). The molecule has 2 aromatic heterocycles. The number of aromatic nitrogens is 3. The summed E-state index contributed by atoms with van der Waals surface area (Å²) in [6.07, 6.45) is 0. The van der Waals surface area contributed by atoms with Crippen molar-refractivity contribution >= 4 is 35.0 Å². The first kappa shape index (κ1) is 20.7. The minimum atomic E-state index is -0.125. The van der Waals surface area contributed by atoms with E-state index in [1.54, 1.807) is 17.9 Å². The maximum Gasteiger partial charge on any atom is 0.276 e. The zero-order chi connectivity index (χ0) is 22.1. The summed E-state index contributed by atoms with van der Waals surface area (Å²) >= 11 is 6.00. The van der Waals surface area contributed by atoms with Crippen LogP contribution in [0.4, 0.5) is 17.5 Å². The number of anilines is 3. The first-order valence-corrected chi connectivity index (χ1v) is 10.9. The van der Waals surface area contributed by atoms with Gasteiger partial charge in [0.05, 0.1) is 18.9 Å². The molecule has 2 saturated heterocycles. The summed E-state index contributed by atoms with van der Waals surface area (Å²) in [7, 11) is 0. The smallest absolute Gasteiger partial charge is 0.276 e. The standard InChI is InChI=1S/C22H23ClN6O3/c1-14-10-19(27-32-14)21(30)29-12-15(13-29)18-11-20(24-17-4-2-16(23)3-5-17)26-22(25-18)28-6-8-31-9-7-28/h2-5,10-11,15H,6-9,12-13H2,1H3,(H,24,25,26). The molecule has 0 atom stereocenters. The van der Waals surface area contributed by atoms with Crippen LogP contribution in [0.3, 0.4) is 0 Å². The number of likely N-dealkylation sites (tertiary alicyclic amines) is 1. The molecule has 2 fully saturated rings. The molecule has 0 radical (unpaired) electrons. The molecular weight excluding hydrogens is 432 g/mol. The van der Waals surface area contributed by atoms with Crippen molar-refractivity contribution in [2.75, 3.05) is 49.6 Å². The Morgan fingerprint density at radius 3 is 2.56 bits per heavy atom. The largest absolute Gasteiger partial charge is 0.378 e. The van der Waals surface area contributed by atoms with Gasteiger partial charge in [0.2, 0.25) is 5.95 Å². The predicted molar refractivity (Wildman–Crippen MR) is 120 cm³/mol. The summed E-state index contributed by atoms with van der Waals surface area (Å²) in [4.78, 5) is 26.0. The number of carbonyl (C=O) groups excluding carboxylic acids is 1. The van der Waals surface area contributed by atoms with Gasteiger partial charge in [-0.1, -0.05) is 16.8 Å². The molecule has 166 valence electrons. The Balaban J connectivity index is 1.36. The Kier molecular flexibility index (Phi) is 5.67. The van der Waals surface area contributed by atoms with Crippen molar-refractivity contribution in [3.8, 4) is 0 Å². The topological polar surface area (TPSA) is 96.6 Å². The highest BCUT2D eigenvalue weighted by atomic mass is 35.5. The van der Waals surface area contributed by atoms with E-state index >= 15 is 0 Å². The van der Waals surface area contributed by atoms with Crippen LogP contribution in [0.25, 0.3) is 0 Å². The van der Waals surface area contributed by atoms with Gasteiger partial charge in [-0.3, -0.25) is 4.79 Å². The van der Waals surface area contributed by atoms with Crippen LogP contribution in [0.15, 0.2) is 40.9 Å². The third-order valence-corrected chi connectivity index (χ3v) is 5.83. The van der Waals surface area contributed by atoms with Crippen LogP contribution in [-0.2, 0) is 4.74 Å². The molecule has 4 heterocycles. The minimum Gasteiger partial charge on any atom is -0.378 e. The Labute approximate surface area is 190 Å². The van der Waals surface area contributed by atoms with E-state index < -0.39 is 0 Å². The normalized spacial score (nSPS) is 16.7. The molecule has 3 aromatic rings. The summed E-state index contributed by atoms with van der Waals surface area (Å²) in [5, 5.41) is 7.85. The minimum absolute atomic E-state index is 0.125. The number of aryl methyl sites for hydroxylation is 1. The number of hydrogen-bond acceptors (Lipinski definition) is 8. The molecule has 32 heavy (non-hydrogen) atoms.